The second-order valence-corrected chi connectivity index (χ2v) is 14.7. The number of alkyl carbamates (subject to hydrolysis) is 1. The third-order valence-electron chi connectivity index (χ3n) is 9.31. The molecule has 2 fully saturated rings. The number of aliphatic carboxylic acids is 1. The average Bonchev–Trinajstić information content (AvgIpc) is 3.56. The van der Waals surface area contributed by atoms with E-state index in [9.17, 15) is 24.3 Å². The highest BCUT2D eigenvalue weighted by Gasteiger charge is 2.61. The van der Waals surface area contributed by atoms with Crippen molar-refractivity contribution in [2.45, 2.75) is 122 Å². The molecule has 5 rings (SSSR count). The van der Waals surface area contributed by atoms with Crippen molar-refractivity contribution in [3.63, 3.8) is 0 Å². The van der Waals surface area contributed by atoms with E-state index in [-0.39, 0.29) is 31.4 Å². The van der Waals surface area contributed by atoms with Crippen LogP contribution in [0.5, 0.6) is 17.4 Å². The number of hydrogen-bond donors (Lipinski definition) is 3. The molecule has 3 aliphatic rings. The van der Waals surface area contributed by atoms with Crippen LogP contribution in [0.1, 0.15) is 85.1 Å². The van der Waals surface area contributed by atoms with Gasteiger partial charge in [-0.2, -0.15) is 0 Å². The minimum Gasteiger partial charge on any atom is -0.496 e. The van der Waals surface area contributed by atoms with Crippen LogP contribution in [0, 0.1) is 12.8 Å². The van der Waals surface area contributed by atoms with Gasteiger partial charge in [0.15, 0.2) is 0 Å². The summed E-state index contributed by atoms with van der Waals surface area (Å²) in [6.45, 7) is 10.9. The van der Waals surface area contributed by atoms with Crippen LogP contribution >= 0.6 is 0 Å². The molecule has 0 bridgehead atoms. The number of aryl methyl sites for hydroxylation is 1. The summed E-state index contributed by atoms with van der Waals surface area (Å²) in [5, 5.41) is 16.4. The number of benzene rings is 1. The van der Waals surface area contributed by atoms with Crippen molar-refractivity contribution in [2.24, 2.45) is 5.92 Å². The van der Waals surface area contributed by atoms with Crippen molar-refractivity contribution in [1.29, 1.82) is 0 Å². The Bertz CT molecular complexity index is 1650. The predicted octanol–water partition coefficient (Wildman–Crippen LogP) is 5.06. The highest BCUT2D eigenvalue weighted by atomic mass is 16.6. The van der Waals surface area contributed by atoms with Crippen molar-refractivity contribution in [1.82, 2.24) is 20.5 Å². The maximum Gasteiger partial charge on any atom is 0.408 e. The molecule has 3 amide bonds. The van der Waals surface area contributed by atoms with Crippen LogP contribution in [0.4, 0.5) is 4.79 Å². The summed E-state index contributed by atoms with van der Waals surface area (Å²) in [4.78, 5) is 59.9. The third-order valence-corrected chi connectivity index (χ3v) is 9.31. The first-order chi connectivity index (χ1) is 23.6. The fourth-order valence-corrected chi connectivity index (χ4v) is 6.75. The molecule has 0 radical (unpaired) electrons. The molecule has 13 heteroatoms. The molecule has 2 aliphatic heterocycles. The standard InChI is InChI=1S/C37H50N4O9/c1-21(2)48-30-18-29(25-15-16-28(47-7)22(3)31(25)39-30)49-24-17-27-32(42)40-37(34(44)45)19-23(37)13-11-9-8-10-12-14-26(33(43)41(27)20-24)38-35(46)50-36(4,5)6/h11,13,15-16,18,21,23-24,26-27H,8-10,12,14,17,19-20H2,1-7H3,(H,38,46)(H,40,42)(H,44,45)/b13-11-/t23?,24-,26+,27+,37-/m1/s1. The Hall–Kier alpha value is -4.55. The van der Waals surface area contributed by atoms with E-state index in [2.05, 4.69) is 10.6 Å². The molecule has 3 N–H and O–H groups in total. The van der Waals surface area contributed by atoms with E-state index in [1.807, 2.05) is 45.1 Å². The van der Waals surface area contributed by atoms with Gasteiger partial charge in [-0.05, 0) is 79.4 Å². The molecule has 1 unspecified atom stereocenters. The number of methoxy groups -OCH3 is 1. The molecular weight excluding hydrogens is 644 g/mol. The van der Waals surface area contributed by atoms with Gasteiger partial charge >= 0.3 is 12.1 Å². The Balaban J connectivity index is 1.50. The molecule has 3 heterocycles. The minimum atomic E-state index is -1.45. The molecule has 13 nitrogen and oxygen atoms in total. The number of hydrogen-bond acceptors (Lipinski definition) is 9. The molecular formula is C37H50N4O9. The summed E-state index contributed by atoms with van der Waals surface area (Å²) < 4.78 is 23.6. The van der Waals surface area contributed by atoms with Crippen LogP contribution in [0.25, 0.3) is 10.9 Å². The fourth-order valence-electron chi connectivity index (χ4n) is 6.75. The summed E-state index contributed by atoms with van der Waals surface area (Å²) in [6, 6.07) is 3.34. The zero-order valence-corrected chi connectivity index (χ0v) is 30.0. The first kappa shape index (κ1) is 36.7. The zero-order valence-electron chi connectivity index (χ0n) is 30.0. The Kier molecular flexibility index (Phi) is 10.8. The number of amides is 3. The van der Waals surface area contributed by atoms with E-state index in [0.717, 1.165) is 24.8 Å². The van der Waals surface area contributed by atoms with Gasteiger partial charge in [0.25, 0.3) is 0 Å². The molecule has 2 aromatic rings. The molecule has 0 spiro atoms. The van der Waals surface area contributed by atoms with Crippen molar-refractivity contribution in [3.05, 3.63) is 35.9 Å². The van der Waals surface area contributed by atoms with E-state index in [1.54, 1.807) is 33.9 Å². The van der Waals surface area contributed by atoms with Gasteiger partial charge < -0.3 is 39.6 Å². The minimum absolute atomic E-state index is 0.0200. The van der Waals surface area contributed by atoms with Crippen LogP contribution in [-0.4, -0.2) is 88.0 Å². The highest BCUT2D eigenvalue weighted by Crippen LogP contribution is 2.45. The number of fused-ring (bicyclic) bond motifs is 3. The van der Waals surface area contributed by atoms with Crippen LogP contribution in [-0.2, 0) is 19.1 Å². The molecule has 1 aromatic heterocycles. The van der Waals surface area contributed by atoms with Gasteiger partial charge in [0, 0.05) is 29.4 Å². The second-order valence-electron chi connectivity index (χ2n) is 14.7. The summed E-state index contributed by atoms with van der Waals surface area (Å²) >= 11 is 0. The summed E-state index contributed by atoms with van der Waals surface area (Å²) in [7, 11) is 1.58. The number of ether oxygens (including phenoxy) is 4. The summed E-state index contributed by atoms with van der Waals surface area (Å²) in [5.41, 5.74) is -0.817. The predicted molar refractivity (Wildman–Crippen MR) is 185 cm³/mol. The first-order valence-electron chi connectivity index (χ1n) is 17.5. The van der Waals surface area contributed by atoms with Crippen molar-refractivity contribution in [2.75, 3.05) is 13.7 Å². The van der Waals surface area contributed by atoms with Gasteiger partial charge in [0.1, 0.15) is 40.8 Å². The van der Waals surface area contributed by atoms with Crippen molar-refractivity contribution >= 4 is 34.8 Å². The number of nitrogens with zero attached hydrogens (tertiary/aromatic N) is 2. The Morgan fingerprint density at radius 1 is 1.14 bits per heavy atom. The number of carbonyl (C=O) groups is 4. The van der Waals surface area contributed by atoms with Crippen LogP contribution in [0.3, 0.4) is 0 Å². The van der Waals surface area contributed by atoms with Gasteiger partial charge in [-0.15, -0.1) is 0 Å². The molecule has 1 aliphatic carbocycles. The highest BCUT2D eigenvalue weighted by molar-refractivity contribution is 5.96. The van der Waals surface area contributed by atoms with Crippen LogP contribution in [0.15, 0.2) is 30.4 Å². The largest absolute Gasteiger partial charge is 0.496 e. The lowest BCUT2D eigenvalue weighted by molar-refractivity contribution is -0.145. The number of pyridine rings is 1. The SMILES string of the molecule is COc1ccc2c(O[C@@H]3C[C@H]4C(=O)N[C@]5(C(=O)O)CC5/C=C\CCCCC[C@H](NC(=O)OC(C)(C)C)C(=O)N4C3)cc(OC(C)C)nc2c1C. The monoisotopic (exact) mass is 694 g/mol. The number of carboxylic acid groups (broad SMARTS) is 1. The average molecular weight is 695 g/mol. The normalized spacial score (nSPS) is 26.5. The van der Waals surface area contributed by atoms with Crippen molar-refractivity contribution in [3.8, 4) is 17.4 Å². The lowest BCUT2D eigenvalue weighted by atomic mass is 10.0. The topological polar surface area (TPSA) is 166 Å². The smallest absolute Gasteiger partial charge is 0.408 e. The zero-order chi connectivity index (χ0) is 36.4. The van der Waals surface area contributed by atoms with E-state index < -0.39 is 53.2 Å². The van der Waals surface area contributed by atoms with Crippen molar-refractivity contribution < 1.29 is 43.2 Å². The van der Waals surface area contributed by atoms with E-state index >= 15 is 0 Å². The molecule has 5 atom stereocenters. The lowest BCUT2D eigenvalue weighted by Crippen LogP contribution is -2.56. The van der Waals surface area contributed by atoms with Gasteiger partial charge in [-0.1, -0.05) is 25.0 Å². The van der Waals surface area contributed by atoms with Gasteiger partial charge in [0.05, 0.1) is 25.3 Å². The second kappa shape index (κ2) is 14.7. The van der Waals surface area contributed by atoms with Crippen LogP contribution < -0.4 is 24.8 Å². The Labute approximate surface area is 293 Å². The summed E-state index contributed by atoms with van der Waals surface area (Å²) in [6.07, 6.45) is 5.98. The van der Waals surface area contributed by atoms with Gasteiger partial charge in [0.2, 0.25) is 17.7 Å². The van der Waals surface area contributed by atoms with E-state index in [1.165, 1.54) is 4.90 Å². The maximum atomic E-state index is 14.4. The van der Waals surface area contributed by atoms with Crippen LogP contribution in [0.2, 0.25) is 0 Å². The molecule has 1 saturated heterocycles. The molecule has 272 valence electrons. The number of carboxylic acids is 1. The molecule has 1 saturated carbocycles. The Morgan fingerprint density at radius 3 is 2.58 bits per heavy atom. The number of aromatic nitrogens is 1. The number of carbonyl (C=O) groups excluding carboxylic acids is 3. The molecule has 50 heavy (non-hydrogen) atoms. The Morgan fingerprint density at radius 2 is 1.90 bits per heavy atom. The van der Waals surface area contributed by atoms with E-state index in [0.29, 0.717) is 41.1 Å². The van der Waals surface area contributed by atoms with E-state index in [4.69, 9.17) is 23.9 Å². The summed E-state index contributed by atoms with van der Waals surface area (Å²) in [5.74, 6) is -1.07. The number of allylic oxidation sites excluding steroid dienone is 1. The lowest BCUT2D eigenvalue weighted by Gasteiger charge is -2.30. The quantitative estimate of drug-likeness (QED) is 0.334. The third kappa shape index (κ3) is 8.24. The number of nitrogens with one attached hydrogen (secondary N) is 2. The maximum absolute atomic E-state index is 14.4. The molecule has 1 aromatic carbocycles. The fraction of sp³-hybridized carbons (Fsp3) is 0.595. The van der Waals surface area contributed by atoms with Gasteiger partial charge in [-0.3, -0.25) is 9.59 Å². The van der Waals surface area contributed by atoms with Gasteiger partial charge in [-0.25, -0.2) is 14.6 Å². The first-order valence-corrected chi connectivity index (χ1v) is 17.5. The number of rotatable bonds is 7.